The quantitative estimate of drug-likeness (QED) is 0.745. The Morgan fingerprint density at radius 3 is 2.55 bits per heavy atom. The smallest absolute Gasteiger partial charge is 0.184 e. The lowest BCUT2D eigenvalue weighted by molar-refractivity contribution is 1.10. The Hall–Kier alpha value is -1.87. The fraction of sp³-hybridized carbons (Fsp3) is 0.235. The SMILES string of the molecule is CCc1ccc(CNc2nc3cc(C)ccc3s2)cc1. The molecule has 0 fully saturated rings. The van der Waals surface area contributed by atoms with E-state index in [0.717, 1.165) is 23.6 Å². The van der Waals surface area contributed by atoms with Crippen molar-refractivity contribution in [1.29, 1.82) is 0 Å². The molecule has 3 aromatic rings. The first-order valence-corrected chi connectivity index (χ1v) is 7.75. The van der Waals surface area contributed by atoms with Crippen molar-refractivity contribution in [2.24, 2.45) is 0 Å². The largest absolute Gasteiger partial charge is 0.357 e. The van der Waals surface area contributed by atoms with Gasteiger partial charge in [0, 0.05) is 6.54 Å². The number of hydrogen-bond donors (Lipinski definition) is 1. The average Bonchev–Trinajstić information content (AvgIpc) is 2.87. The van der Waals surface area contributed by atoms with Gasteiger partial charge < -0.3 is 5.32 Å². The summed E-state index contributed by atoms with van der Waals surface area (Å²) in [5.41, 5.74) is 5.00. The molecule has 0 aliphatic rings. The second-order valence-corrected chi connectivity index (χ2v) is 6.04. The Labute approximate surface area is 123 Å². The van der Waals surface area contributed by atoms with E-state index >= 15 is 0 Å². The highest BCUT2D eigenvalue weighted by Gasteiger charge is 2.03. The van der Waals surface area contributed by atoms with Crippen molar-refractivity contribution in [3.63, 3.8) is 0 Å². The molecule has 1 heterocycles. The predicted octanol–water partition coefficient (Wildman–Crippen LogP) is 4.78. The van der Waals surface area contributed by atoms with Gasteiger partial charge in [-0.05, 0) is 42.2 Å². The van der Waals surface area contributed by atoms with Crippen molar-refractivity contribution >= 4 is 26.7 Å². The summed E-state index contributed by atoms with van der Waals surface area (Å²) in [5.74, 6) is 0. The predicted molar refractivity (Wildman–Crippen MR) is 87.5 cm³/mol. The van der Waals surface area contributed by atoms with Crippen LogP contribution < -0.4 is 5.32 Å². The van der Waals surface area contributed by atoms with Gasteiger partial charge in [-0.15, -0.1) is 0 Å². The molecule has 0 saturated carbocycles. The van der Waals surface area contributed by atoms with Crippen LogP contribution in [0.15, 0.2) is 42.5 Å². The lowest BCUT2D eigenvalue weighted by atomic mass is 10.1. The van der Waals surface area contributed by atoms with Crippen LogP contribution in [0.3, 0.4) is 0 Å². The molecule has 0 aliphatic heterocycles. The molecule has 1 aromatic heterocycles. The lowest BCUT2D eigenvalue weighted by Gasteiger charge is -2.03. The maximum atomic E-state index is 4.63. The zero-order chi connectivity index (χ0) is 13.9. The maximum absolute atomic E-state index is 4.63. The lowest BCUT2D eigenvalue weighted by Crippen LogP contribution is -1.98. The highest BCUT2D eigenvalue weighted by Crippen LogP contribution is 2.26. The third-order valence-electron chi connectivity index (χ3n) is 3.42. The van der Waals surface area contributed by atoms with Crippen LogP contribution in [0, 0.1) is 6.92 Å². The molecule has 0 radical (unpaired) electrons. The van der Waals surface area contributed by atoms with Crippen molar-refractivity contribution in [3.05, 3.63) is 59.2 Å². The van der Waals surface area contributed by atoms with Crippen molar-refractivity contribution in [2.45, 2.75) is 26.8 Å². The topological polar surface area (TPSA) is 24.9 Å². The van der Waals surface area contributed by atoms with E-state index < -0.39 is 0 Å². The highest BCUT2D eigenvalue weighted by atomic mass is 32.1. The molecule has 20 heavy (non-hydrogen) atoms. The van der Waals surface area contributed by atoms with Crippen molar-refractivity contribution in [3.8, 4) is 0 Å². The minimum Gasteiger partial charge on any atom is -0.357 e. The zero-order valence-electron chi connectivity index (χ0n) is 11.8. The normalized spacial score (nSPS) is 10.9. The Morgan fingerprint density at radius 2 is 1.80 bits per heavy atom. The Kier molecular flexibility index (Phi) is 3.70. The van der Waals surface area contributed by atoms with Gasteiger partial charge in [0.1, 0.15) is 0 Å². The number of anilines is 1. The summed E-state index contributed by atoms with van der Waals surface area (Å²) in [6, 6.07) is 15.2. The number of nitrogens with one attached hydrogen (secondary N) is 1. The molecular weight excluding hydrogens is 264 g/mol. The number of aryl methyl sites for hydroxylation is 2. The number of nitrogens with zero attached hydrogens (tertiary/aromatic N) is 1. The van der Waals surface area contributed by atoms with E-state index in [2.05, 4.69) is 66.6 Å². The number of benzene rings is 2. The van der Waals surface area contributed by atoms with Crippen LogP contribution in [0.5, 0.6) is 0 Å². The molecule has 0 unspecified atom stereocenters. The first kappa shape index (κ1) is 13.1. The van der Waals surface area contributed by atoms with E-state index in [1.54, 1.807) is 11.3 Å². The number of aromatic nitrogens is 1. The summed E-state index contributed by atoms with van der Waals surface area (Å²) >= 11 is 1.71. The van der Waals surface area contributed by atoms with Gasteiger partial charge in [0.25, 0.3) is 0 Å². The number of hydrogen-bond acceptors (Lipinski definition) is 3. The standard InChI is InChI=1S/C17H18N2S/c1-3-13-5-7-14(8-6-13)11-18-17-19-15-10-12(2)4-9-16(15)20-17/h4-10H,3,11H2,1-2H3,(H,18,19). The molecule has 2 aromatic carbocycles. The first-order chi connectivity index (χ1) is 9.74. The fourth-order valence-electron chi connectivity index (χ4n) is 2.18. The second-order valence-electron chi connectivity index (χ2n) is 5.01. The van der Waals surface area contributed by atoms with Crippen LogP contribution in [-0.2, 0) is 13.0 Å². The van der Waals surface area contributed by atoms with Gasteiger partial charge in [-0.2, -0.15) is 0 Å². The van der Waals surface area contributed by atoms with Gasteiger partial charge in [-0.1, -0.05) is 48.6 Å². The van der Waals surface area contributed by atoms with Crippen molar-refractivity contribution in [2.75, 3.05) is 5.32 Å². The Balaban J connectivity index is 1.72. The van der Waals surface area contributed by atoms with Gasteiger partial charge in [0.05, 0.1) is 10.2 Å². The molecule has 0 bridgehead atoms. The van der Waals surface area contributed by atoms with E-state index in [1.807, 2.05) is 0 Å². The van der Waals surface area contributed by atoms with Crippen LogP contribution in [0.4, 0.5) is 5.13 Å². The average molecular weight is 282 g/mol. The fourth-order valence-corrected chi connectivity index (χ4v) is 3.03. The molecule has 0 amide bonds. The molecule has 0 saturated heterocycles. The van der Waals surface area contributed by atoms with Crippen LogP contribution in [0.25, 0.3) is 10.2 Å². The Bertz CT molecular complexity index is 713. The molecular formula is C17H18N2S. The highest BCUT2D eigenvalue weighted by molar-refractivity contribution is 7.22. The van der Waals surface area contributed by atoms with E-state index in [9.17, 15) is 0 Å². The molecule has 0 spiro atoms. The number of fused-ring (bicyclic) bond motifs is 1. The summed E-state index contributed by atoms with van der Waals surface area (Å²) in [7, 11) is 0. The van der Waals surface area contributed by atoms with Gasteiger partial charge in [0.2, 0.25) is 0 Å². The van der Waals surface area contributed by atoms with Crippen molar-refractivity contribution in [1.82, 2.24) is 4.98 Å². The minimum absolute atomic E-state index is 0.822. The molecule has 102 valence electrons. The minimum atomic E-state index is 0.822. The Morgan fingerprint density at radius 1 is 1.05 bits per heavy atom. The monoisotopic (exact) mass is 282 g/mol. The van der Waals surface area contributed by atoms with Gasteiger partial charge in [-0.3, -0.25) is 0 Å². The van der Waals surface area contributed by atoms with Gasteiger partial charge in [-0.25, -0.2) is 4.98 Å². The summed E-state index contributed by atoms with van der Waals surface area (Å²) in [5, 5.41) is 4.41. The third kappa shape index (κ3) is 2.83. The van der Waals surface area contributed by atoms with Crippen LogP contribution in [-0.4, -0.2) is 4.98 Å². The van der Waals surface area contributed by atoms with Gasteiger partial charge in [0.15, 0.2) is 5.13 Å². The van der Waals surface area contributed by atoms with Gasteiger partial charge >= 0.3 is 0 Å². The van der Waals surface area contributed by atoms with Crippen LogP contribution in [0.2, 0.25) is 0 Å². The number of rotatable bonds is 4. The van der Waals surface area contributed by atoms with Crippen LogP contribution >= 0.6 is 11.3 Å². The number of thiazole rings is 1. The summed E-state index contributed by atoms with van der Waals surface area (Å²) in [4.78, 5) is 4.63. The van der Waals surface area contributed by atoms with E-state index in [-0.39, 0.29) is 0 Å². The van der Waals surface area contributed by atoms with E-state index in [0.29, 0.717) is 0 Å². The summed E-state index contributed by atoms with van der Waals surface area (Å²) < 4.78 is 1.24. The zero-order valence-corrected chi connectivity index (χ0v) is 12.6. The molecule has 1 N–H and O–H groups in total. The molecule has 3 rings (SSSR count). The van der Waals surface area contributed by atoms with Crippen molar-refractivity contribution < 1.29 is 0 Å². The second kappa shape index (κ2) is 5.63. The summed E-state index contributed by atoms with van der Waals surface area (Å²) in [6.45, 7) is 5.10. The molecule has 0 aliphatic carbocycles. The molecule has 2 nitrogen and oxygen atoms in total. The van der Waals surface area contributed by atoms with Crippen LogP contribution in [0.1, 0.15) is 23.6 Å². The van der Waals surface area contributed by atoms with E-state index in [4.69, 9.17) is 0 Å². The third-order valence-corrected chi connectivity index (χ3v) is 4.41. The van der Waals surface area contributed by atoms with E-state index in [1.165, 1.54) is 21.4 Å². The summed E-state index contributed by atoms with van der Waals surface area (Å²) in [6.07, 6.45) is 1.09. The molecule has 0 atom stereocenters. The molecule has 3 heteroatoms. The maximum Gasteiger partial charge on any atom is 0.184 e. The first-order valence-electron chi connectivity index (χ1n) is 6.93.